The molecular weight excluding hydrogens is 396 g/mol. The molecule has 0 amide bonds. The molecular formula is C26H28N6. The van der Waals surface area contributed by atoms with E-state index in [1.165, 1.54) is 5.56 Å². The van der Waals surface area contributed by atoms with Crippen LogP contribution < -0.4 is 10.6 Å². The highest BCUT2D eigenvalue weighted by Crippen LogP contribution is 2.21. The van der Waals surface area contributed by atoms with Gasteiger partial charge in [-0.25, -0.2) is 9.97 Å². The van der Waals surface area contributed by atoms with Crippen molar-refractivity contribution in [1.82, 2.24) is 19.4 Å². The van der Waals surface area contributed by atoms with E-state index in [0.29, 0.717) is 5.82 Å². The van der Waals surface area contributed by atoms with E-state index in [9.17, 15) is 0 Å². The number of nitrogens with two attached hydrogens (primary N) is 1. The molecule has 2 aromatic heterocycles. The molecule has 0 radical (unpaired) electrons. The van der Waals surface area contributed by atoms with E-state index in [2.05, 4.69) is 72.9 Å². The van der Waals surface area contributed by atoms with Crippen LogP contribution in [-0.4, -0.2) is 52.2 Å². The lowest BCUT2D eigenvalue weighted by Gasteiger charge is -2.35. The number of aromatic nitrogens is 3. The van der Waals surface area contributed by atoms with Crippen molar-refractivity contribution in [2.45, 2.75) is 6.42 Å². The lowest BCUT2D eigenvalue weighted by atomic mass is 10.1. The van der Waals surface area contributed by atoms with Gasteiger partial charge in [-0.2, -0.15) is 0 Å². The number of piperazine rings is 1. The Hall–Kier alpha value is -3.64. The molecule has 0 atom stereocenters. The Labute approximate surface area is 189 Å². The van der Waals surface area contributed by atoms with E-state index in [4.69, 9.17) is 5.73 Å². The van der Waals surface area contributed by atoms with Gasteiger partial charge in [0.2, 0.25) is 5.95 Å². The molecule has 1 aliphatic heterocycles. The first-order valence-electron chi connectivity index (χ1n) is 11.1. The number of pyridine rings is 1. The topological polar surface area (TPSA) is 63.2 Å². The van der Waals surface area contributed by atoms with Gasteiger partial charge in [0.05, 0.1) is 5.69 Å². The second-order valence-corrected chi connectivity index (χ2v) is 8.16. The Morgan fingerprint density at radius 1 is 0.812 bits per heavy atom. The van der Waals surface area contributed by atoms with Crippen molar-refractivity contribution >= 4 is 11.8 Å². The Morgan fingerprint density at radius 3 is 2.34 bits per heavy atom. The molecule has 162 valence electrons. The molecule has 1 fully saturated rings. The van der Waals surface area contributed by atoms with Crippen molar-refractivity contribution < 1.29 is 0 Å². The van der Waals surface area contributed by atoms with E-state index in [1.54, 1.807) is 0 Å². The Kier molecular flexibility index (Phi) is 5.85. The monoisotopic (exact) mass is 424 g/mol. The summed E-state index contributed by atoms with van der Waals surface area (Å²) < 4.78 is 2.17. The average Bonchev–Trinajstić information content (AvgIpc) is 3.34. The zero-order valence-electron chi connectivity index (χ0n) is 18.1. The van der Waals surface area contributed by atoms with Gasteiger partial charge in [-0.1, -0.05) is 48.5 Å². The van der Waals surface area contributed by atoms with E-state index >= 15 is 0 Å². The van der Waals surface area contributed by atoms with Crippen molar-refractivity contribution in [3.8, 4) is 16.9 Å². The minimum absolute atomic E-state index is 0.553. The normalized spacial score (nSPS) is 14.6. The summed E-state index contributed by atoms with van der Waals surface area (Å²) in [6, 6.07) is 24.8. The number of imidazole rings is 1. The number of nitrogens with zero attached hydrogens (tertiary/aromatic N) is 5. The van der Waals surface area contributed by atoms with Gasteiger partial charge in [0.15, 0.2) is 0 Å². The van der Waals surface area contributed by atoms with Crippen molar-refractivity contribution in [2.24, 2.45) is 0 Å². The third-order valence-corrected chi connectivity index (χ3v) is 6.05. The largest absolute Gasteiger partial charge is 0.384 e. The van der Waals surface area contributed by atoms with Crippen molar-refractivity contribution in [2.75, 3.05) is 43.4 Å². The molecule has 2 aromatic carbocycles. The first kappa shape index (κ1) is 20.3. The van der Waals surface area contributed by atoms with Crippen LogP contribution in [0.1, 0.15) is 5.56 Å². The smallest absolute Gasteiger partial charge is 0.210 e. The summed E-state index contributed by atoms with van der Waals surface area (Å²) in [5.74, 6) is 1.58. The van der Waals surface area contributed by atoms with E-state index in [1.807, 2.05) is 36.7 Å². The van der Waals surface area contributed by atoms with Crippen LogP contribution in [-0.2, 0) is 6.42 Å². The van der Waals surface area contributed by atoms with Gasteiger partial charge < -0.3 is 10.6 Å². The van der Waals surface area contributed by atoms with Crippen molar-refractivity contribution in [3.63, 3.8) is 0 Å². The molecule has 32 heavy (non-hydrogen) atoms. The van der Waals surface area contributed by atoms with E-state index in [0.717, 1.165) is 62.0 Å². The molecule has 6 nitrogen and oxygen atoms in total. The van der Waals surface area contributed by atoms with Gasteiger partial charge in [0.25, 0.3) is 0 Å². The predicted octanol–water partition coefficient (Wildman–Crippen LogP) is 3.88. The standard InChI is InChI=1S/C26H28N6/c27-25-8-4-7-24(29-25)22-11-9-21(10-12-22)13-15-30-17-19-31(20-18-30)26-28-14-16-32(26)23-5-2-1-3-6-23/h1-12,14,16H,13,15,17-20H2,(H2,27,29). The minimum Gasteiger partial charge on any atom is -0.384 e. The molecule has 0 unspecified atom stereocenters. The van der Waals surface area contributed by atoms with Gasteiger partial charge in [0.1, 0.15) is 5.82 Å². The zero-order chi connectivity index (χ0) is 21.8. The van der Waals surface area contributed by atoms with Crippen LogP contribution in [0.4, 0.5) is 11.8 Å². The lowest BCUT2D eigenvalue weighted by Crippen LogP contribution is -2.47. The van der Waals surface area contributed by atoms with Crippen LogP contribution in [0, 0.1) is 0 Å². The number of benzene rings is 2. The SMILES string of the molecule is Nc1cccc(-c2ccc(CCN3CCN(c4nccn4-c4ccccc4)CC3)cc2)n1. The van der Waals surface area contributed by atoms with E-state index < -0.39 is 0 Å². The average molecular weight is 425 g/mol. The molecule has 3 heterocycles. The Balaban J connectivity index is 1.15. The summed E-state index contributed by atoms with van der Waals surface area (Å²) >= 11 is 0. The highest BCUT2D eigenvalue weighted by molar-refractivity contribution is 5.61. The summed E-state index contributed by atoms with van der Waals surface area (Å²) in [5.41, 5.74) is 10.3. The van der Waals surface area contributed by atoms with Gasteiger partial charge in [-0.15, -0.1) is 0 Å². The maximum Gasteiger partial charge on any atom is 0.210 e. The second kappa shape index (κ2) is 9.24. The third kappa shape index (κ3) is 4.50. The maximum atomic E-state index is 5.81. The summed E-state index contributed by atoms with van der Waals surface area (Å²) in [6.07, 6.45) is 4.97. The first-order chi connectivity index (χ1) is 15.8. The maximum absolute atomic E-state index is 5.81. The third-order valence-electron chi connectivity index (χ3n) is 6.05. The highest BCUT2D eigenvalue weighted by atomic mass is 15.3. The zero-order valence-corrected chi connectivity index (χ0v) is 18.1. The van der Waals surface area contributed by atoms with Gasteiger partial charge >= 0.3 is 0 Å². The van der Waals surface area contributed by atoms with Crippen LogP contribution in [0.25, 0.3) is 16.9 Å². The number of hydrogen-bond acceptors (Lipinski definition) is 5. The Bertz CT molecular complexity index is 1140. The summed E-state index contributed by atoms with van der Waals surface area (Å²) in [7, 11) is 0. The molecule has 6 heteroatoms. The molecule has 0 aliphatic carbocycles. The number of rotatable bonds is 6. The minimum atomic E-state index is 0.553. The number of hydrogen-bond donors (Lipinski definition) is 1. The summed E-state index contributed by atoms with van der Waals surface area (Å²) in [4.78, 5) is 14.0. The van der Waals surface area contributed by atoms with Gasteiger partial charge in [-0.3, -0.25) is 9.47 Å². The lowest BCUT2D eigenvalue weighted by molar-refractivity contribution is 0.259. The molecule has 0 saturated carbocycles. The summed E-state index contributed by atoms with van der Waals surface area (Å²) in [6.45, 7) is 5.14. The fraction of sp³-hybridized carbons (Fsp3) is 0.231. The fourth-order valence-corrected chi connectivity index (χ4v) is 4.23. The van der Waals surface area contributed by atoms with Crippen LogP contribution in [0.15, 0.2) is 85.2 Å². The van der Waals surface area contributed by atoms with Crippen molar-refractivity contribution in [3.05, 3.63) is 90.8 Å². The molecule has 1 saturated heterocycles. The first-order valence-corrected chi connectivity index (χ1v) is 11.1. The van der Waals surface area contributed by atoms with E-state index in [-0.39, 0.29) is 0 Å². The molecule has 1 aliphatic rings. The molecule has 0 spiro atoms. The fourth-order valence-electron chi connectivity index (χ4n) is 4.23. The van der Waals surface area contributed by atoms with Crippen molar-refractivity contribution in [1.29, 1.82) is 0 Å². The van der Waals surface area contributed by atoms with Crippen LogP contribution in [0.2, 0.25) is 0 Å². The molecule has 5 rings (SSSR count). The van der Waals surface area contributed by atoms with Gasteiger partial charge in [-0.05, 0) is 36.2 Å². The van der Waals surface area contributed by atoms with Crippen LogP contribution in [0.5, 0.6) is 0 Å². The van der Waals surface area contributed by atoms with Crippen LogP contribution in [0.3, 0.4) is 0 Å². The number of anilines is 2. The molecule has 4 aromatic rings. The Morgan fingerprint density at radius 2 is 1.59 bits per heavy atom. The highest BCUT2D eigenvalue weighted by Gasteiger charge is 2.20. The predicted molar refractivity (Wildman–Crippen MR) is 130 cm³/mol. The molecule has 2 N–H and O–H groups in total. The summed E-state index contributed by atoms with van der Waals surface area (Å²) in [5, 5.41) is 0. The molecule has 0 bridgehead atoms. The quantitative estimate of drug-likeness (QED) is 0.509. The van der Waals surface area contributed by atoms with Gasteiger partial charge in [0, 0.05) is 56.4 Å². The number of para-hydroxylation sites is 1. The van der Waals surface area contributed by atoms with Crippen LogP contribution >= 0.6 is 0 Å². The number of nitrogen functional groups attached to an aromatic ring is 1. The second-order valence-electron chi connectivity index (χ2n) is 8.16.